The summed E-state index contributed by atoms with van der Waals surface area (Å²) in [5.41, 5.74) is 9.68. The van der Waals surface area contributed by atoms with Gasteiger partial charge in [0, 0.05) is 50.5 Å². The van der Waals surface area contributed by atoms with Gasteiger partial charge in [-0.25, -0.2) is 5.01 Å². The second kappa shape index (κ2) is 11.8. The molecule has 35 heavy (non-hydrogen) atoms. The van der Waals surface area contributed by atoms with Gasteiger partial charge in [-0.1, -0.05) is 44.2 Å². The van der Waals surface area contributed by atoms with Crippen LogP contribution in [0.15, 0.2) is 42.5 Å². The summed E-state index contributed by atoms with van der Waals surface area (Å²) in [5, 5.41) is 9.75. The van der Waals surface area contributed by atoms with E-state index in [9.17, 15) is 14.4 Å². The van der Waals surface area contributed by atoms with Gasteiger partial charge in [-0.05, 0) is 35.7 Å². The number of rotatable bonds is 11. The third kappa shape index (κ3) is 7.03. The van der Waals surface area contributed by atoms with Crippen LogP contribution in [0.2, 0.25) is 0 Å². The lowest BCUT2D eigenvalue weighted by atomic mass is 10.1. The minimum atomic E-state index is -0.561. The third-order valence-electron chi connectivity index (χ3n) is 6.10. The molecule has 0 aliphatic carbocycles. The van der Waals surface area contributed by atoms with E-state index in [0.29, 0.717) is 43.5 Å². The second-order valence-electron chi connectivity index (χ2n) is 9.19. The first-order valence-electron chi connectivity index (χ1n) is 11.9. The maximum absolute atomic E-state index is 13.3. The minimum absolute atomic E-state index is 0.0233. The number of nitrogens with two attached hydrogens (primary N) is 1. The number of hydrogen-bond donors (Lipinski definition) is 3. The quantitative estimate of drug-likeness (QED) is 0.420. The molecule has 0 unspecified atom stereocenters. The highest BCUT2D eigenvalue weighted by molar-refractivity contribution is 5.95. The predicted molar refractivity (Wildman–Crippen MR) is 137 cm³/mol. The largest absolute Gasteiger partial charge is 0.366 e. The molecule has 0 saturated carbocycles. The molecule has 1 aliphatic heterocycles. The van der Waals surface area contributed by atoms with Gasteiger partial charge in [0.15, 0.2) is 0 Å². The van der Waals surface area contributed by atoms with Crippen LogP contribution in [0.1, 0.15) is 40.9 Å². The monoisotopic (exact) mass is 480 g/mol. The number of nitrogens with zero attached hydrogens (tertiary/aromatic N) is 3. The van der Waals surface area contributed by atoms with Gasteiger partial charge in [0.05, 0.1) is 13.1 Å². The van der Waals surface area contributed by atoms with Crippen molar-refractivity contribution in [3.05, 3.63) is 64.7 Å². The Morgan fingerprint density at radius 1 is 1.03 bits per heavy atom. The normalized spacial score (nSPS) is 12.9. The Hall–Kier alpha value is -3.43. The number of likely N-dealkylation sites (N-methyl/N-ethyl adjacent to an activating group) is 1. The summed E-state index contributed by atoms with van der Waals surface area (Å²) in [4.78, 5) is 39.6. The van der Waals surface area contributed by atoms with E-state index in [4.69, 9.17) is 5.73 Å². The summed E-state index contributed by atoms with van der Waals surface area (Å²) in [6.45, 7) is 8.34. The number of amides is 3. The van der Waals surface area contributed by atoms with Gasteiger partial charge in [-0.15, -0.1) is 0 Å². The van der Waals surface area contributed by atoms with Crippen molar-refractivity contribution in [2.24, 2.45) is 5.73 Å². The van der Waals surface area contributed by atoms with E-state index >= 15 is 0 Å². The molecule has 0 aromatic heterocycles. The topological polar surface area (TPSA) is 111 Å². The molecule has 0 fully saturated rings. The van der Waals surface area contributed by atoms with Crippen molar-refractivity contribution >= 4 is 23.4 Å². The summed E-state index contributed by atoms with van der Waals surface area (Å²) in [5.74, 6) is -0.923. The van der Waals surface area contributed by atoms with Crippen LogP contribution < -0.4 is 21.3 Å². The van der Waals surface area contributed by atoms with Gasteiger partial charge in [0.2, 0.25) is 11.8 Å². The zero-order valence-corrected chi connectivity index (χ0v) is 21.0. The Morgan fingerprint density at radius 2 is 1.69 bits per heavy atom. The van der Waals surface area contributed by atoms with Crippen LogP contribution in [0.4, 0.5) is 5.69 Å². The second-order valence-corrected chi connectivity index (χ2v) is 9.19. The molecule has 2 aromatic rings. The molecular formula is C26H36N6O3. The molecule has 0 radical (unpaired) electrons. The minimum Gasteiger partial charge on any atom is -0.366 e. The molecule has 3 rings (SSSR count). The molecule has 188 valence electrons. The first-order valence-corrected chi connectivity index (χ1v) is 11.9. The van der Waals surface area contributed by atoms with Crippen LogP contribution in [-0.4, -0.2) is 67.0 Å². The maximum atomic E-state index is 13.3. The van der Waals surface area contributed by atoms with Gasteiger partial charge in [0.25, 0.3) is 5.91 Å². The van der Waals surface area contributed by atoms with Gasteiger partial charge in [-0.3, -0.25) is 19.4 Å². The van der Waals surface area contributed by atoms with E-state index in [1.165, 1.54) is 11.1 Å². The number of hydrazine groups is 1. The predicted octanol–water partition coefficient (Wildman–Crippen LogP) is 1.40. The van der Waals surface area contributed by atoms with E-state index in [0.717, 1.165) is 5.56 Å². The summed E-state index contributed by atoms with van der Waals surface area (Å²) in [7, 11) is 1.75. The van der Waals surface area contributed by atoms with Crippen LogP contribution in [0.25, 0.3) is 0 Å². The van der Waals surface area contributed by atoms with Crippen molar-refractivity contribution in [1.82, 2.24) is 20.7 Å². The molecule has 1 heterocycles. The van der Waals surface area contributed by atoms with E-state index < -0.39 is 5.91 Å². The molecule has 1 aliphatic rings. The Balaban J connectivity index is 1.74. The van der Waals surface area contributed by atoms with Crippen LogP contribution in [0, 0.1) is 6.92 Å². The molecule has 9 nitrogen and oxygen atoms in total. The Kier molecular flexibility index (Phi) is 8.84. The van der Waals surface area contributed by atoms with Gasteiger partial charge < -0.3 is 21.3 Å². The highest BCUT2D eigenvalue weighted by Gasteiger charge is 2.27. The van der Waals surface area contributed by atoms with E-state index in [1.807, 2.05) is 37.9 Å². The number of nitrogens with one attached hydrogen (secondary N) is 2. The number of carbonyl (C=O) groups excluding carboxylic acids is 3. The Labute approximate surface area is 207 Å². The fourth-order valence-electron chi connectivity index (χ4n) is 4.07. The zero-order valence-electron chi connectivity index (χ0n) is 21.0. The zero-order chi connectivity index (χ0) is 25.5. The van der Waals surface area contributed by atoms with Gasteiger partial charge in [-0.2, -0.15) is 0 Å². The van der Waals surface area contributed by atoms with E-state index in [1.54, 1.807) is 35.2 Å². The van der Waals surface area contributed by atoms with Crippen molar-refractivity contribution in [2.45, 2.75) is 39.9 Å². The molecule has 0 saturated heterocycles. The average Bonchev–Trinajstić information content (AvgIpc) is 3.25. The maximum Gasteiger partial charge on any atom is 0.256 e. The smallest absolute Gasteiger partial charge is 0.256 e. The third-order valence-corrected chi connectivity index (χ3v) is 6.10. The SMILES string of the molecule is Cc1ccc(C(N)=O)cc1N(CC(=O)NCCNC(C)C)CC(=O)N(C)N1Cc2ccccc2C1. The van der Waals surface area contributed by atoms with Gasteiger partial charge in [0.1, 0.15) is 0 Å². The molecule has 4 N–H and O–H groups in total. The first kappa shape index (κ1) is 26.2. The number of hydrogen-bond acceptors (Lipinski definition) is 6. The lowest BCUT2D eigenvalue weighted by Crippen LogP contribution is -2.48. The summed E-state index contributed by atoms with van der Waals surface area (Å²) >= 11 is 0. The van der Waals surface area contributed by atoms with Crippen molar-refractivity contribution in [3.8, 4) is 0 Å². The molecule has 0 bridgehead atoms. The van der Waals surface area contributed by atoms with E-state index in [-0.39, 0.29) is 24.9 Å². The van der Waals surface area contributed by atoms with Gasteiger partial charge >= 0.3 is 0 Å². The molecule has 3 amide bonds. The summed E-state index contributed by atoms with van der Waals surface area (Å²) in [6, 6.07) is 13.5. The Bertz CT molecular complexity index is 1050. The molecule has 9 heteroatoms. The molecule has 2 aromatic carbocycles. The number of aryl methyl sites for hydroxylation is 1. The summed E-state index contributed by atoms with van der Waals surface area (Å²) < 4.78 is 0. The van der Waals surface area contributed by atoms with E-state index in [2.05, 4.69) is 22.8 Å². The number of fused-ring (bicyclic) bond motifs is 1. The number of benzene rings is 2. The van der Waals surface area contributed by atoms with Crippen molar-refractivity contribution in [2.75, 3.05) is 38.1 Å². The average molecular weight is 481 g/mol. The highest BCUT2D eigenvalue weighted by Crippen LogP contribution is 2.25. The first-order chi connectivity index (χ1) is 16.7. The fourth-order valence-corrected chi connectivity index (χ4v) is 4.07. The number of primary amides is 1. The standard InChI is InChI=1S/C26H36N6O3/c1-18(2)28-11-12-29-24(33)16-31(23-13-20(26(27)35)10-9-19(23)3)17-25(34)30(4)32-14-21-7-5-6-8-22(21)15-32/h5-10,13,18,28H,11-12,14-17H2,1-4H3,(H2,27,35)(H,29,33). The molecular weight excluding hydrogens is 444 g/mol. The Morgan fingerprint density at radius 3 is 2.29 bits per heavy atom. The fraction of sp³-hybridized carbons (Fsp3) is 0.423. The number of carbonyl (C=O) groups is 3. The van der Waals surface area contributed by atoms with Crippen LogP contribution >= 0.6 is 0 Å². The van der Waals surface area contributed by atoms with Crippen molar-refractivity contribution in [3.63, 3.8) is 0 Å². The van der Waals surface area contributed by atoms with Crippen LogP contribution in [0.5, 0.6) is 0 Å². The molecule has 0 spiro atoms. The molecule has 0 atom stereocenters. The number of anilines is 1. The summed E-state index contributed by atoms with van der Waals surface area (Å²) in [6.07, 6.45) is 0. The van der Waals surface area contributed by atoms with Crippen LogP contribution in [-0.2, 0) is 22.7 Å². The van der Waals surface area contributed by atoms with Crippen molar-refractivity contribution < 1.29 is 14.4 Å². The highest BCUT2D eigenvalue weighted by atomic mass is 16.2. The van der Waals surface area contributed by atoms with Crippen LogP contribution in [0.3, 0.4) is 0 Å². The lowest BCUT2D eigenvalue weighted by molar-refractivity contribution is -0.145. The lowest BCUT2D eigenvalue weighted by Gasteiger charge is -2.32. The van der Waals surface area contributed by atoms with Crippen molar-refractivity contribution in [1.29, 1.82) is 0 Å².